The molecule has 2 aromatic carbocycles. The van der Waals surface area contributed by atoms with Crippen molar-refractivity contribution < 1.29 is 19.1 Å². The average molecular weight is 486 g/mol. The van der Waals surface area contributed by atoms with E-state index >= 15 is 0 Å². The van der Waals surface area contributed by atoms with Crippen LogP contribution in [-0.4, -0.2) is 22.7 Å². The molecule has 150 valence electrons. The predicted molar refractivity (Wildman–Crippen MR) is 119 cm³/mol. The first-order valence-electron chi connectivity index (χ1n) is 8.84. The lowest BCUT2D eigenvalue weighted by atomic mass is 10.1. The number of hydrazone groups is 1. The molecule has 4 rings (SSSR count). The topological polar surface area (TPSA) is 83.1 Å². The van der Waals surface area contributed by atoms with Gasteiger partial charge in [0.2, 0.25) is 0 Å². The van der Waals surface area contributed by atoms with Crippen molar-refractivity contribution in [2.45, 2.75) is 6.92 Å². The van der Waals surface area contributed by atoms with Crippen LogP contribution in [0.15, 0.2) is 74.2 Å². The Kier molecular flexibility index (Phi) is 5.32. The molecule has 0 saturated heterocycles. The normalized spacial score (nSPS) is 15.0. The summed E-state index contributed by atoms with van der Waals surface area (Å²) in [5.41, 5.74) is 2.21. The second-order valence-corrected chi connectivity index (χ2v) is 7.86. The highest BCUT2D eigenvalue weighted by molar-refractivity contribution is 9.10. The Morgan fingerprint density at radius 1 is 1.17 bits per heavy atom. The smallest absolute Gasteiger partial charge is 0.337 e. The highest BCUT2D eigenvalue weighted by atomic mass is 79.9. The number of carbonyl (C=O) groups excluding carboxylic acids is 1. The standard InChI is InChI=1S/C22H14BrClN2O4/c1-12-17(21(27)26(25-12)15-5-3-14(23)4-6-15)11-16-7-9-20(30-16)13-2-8-19(24)18(10-13)22(28)29/h2-11H,1H3,(H,28,29)/b17-11-. The molecular formula is C22H14BrClN2O4. The van der Waals surface area contributed by atoms with Gasteiger partial charge in [-0.1, -0.05) is 27.5 Å². The van der Waals surface area contributed by atoms with Crippen LogP contribution in [0, 0.1) is 0 Å². The molecule has 1 aromatic heterocycles. The van der Waals surface area contributed by atoms with Crippen molar-refractivity contribution in [3.05, 3.63) is 81.0 Å². The number of carbonyl (C=O) groups is 2. The van der Waals surface area contributed by atoms with Crippen molar-refractivity contribution >= 4 is 56.9 Å². The molecule has 0 aliphatic carbocycles. The van der Waals surface area contributed by atoms with E-state index in [9.17, 15) is 14.7 Å². The number of hydrogen-bond donors (Lipinski definition) is 1. The highest BCUT2D eigenvalue weighted by Gasteiger charge is 2.29. The van der Waals surface area contributed by atoms with Gasteiger partial charge in [-0.2, -0.15) is 10.1 Å². The SMILES string of the molecule is CC1=NN(c2ccc(Br)cc2)C(=O)/C1=C\c1ccc(-c2ccc(Cl)c(C(=O)O)c2)o1. The lowest BCUT2D eigenvalue weighted by Gasteiger charge is -2.11. The molecule has 1 amide bonds. The number of furan rings is 1. The minimum atomic E-state index is -1.12. The maximum atomic E-state index is 12.8. The molecule has 3 aromatic rings. The molecule has 2 heterocycles. The molecule has 0 atom stereocenters. The van der Waals surface area contributed by atoms with Gasteiger partial charge in [-0.3, -0.25) is 4.79 Å². The molecule has 0 bridgehead atoms. The van der Waals surface area contributed by atoms with Gasteiger partial charge in [-0.05, 0) is 67.6 Å². The van der Waals surface area contributed by atoms with E-state index in [2.05, 4.69) is 21.0 Å². The molecule has 6 nitrogen and oxygen atoms in total. The van der Waals surface area contributed by atoms with Crippen LogP contribution in [0.2, 0.25) is 5.02 Å². The van der Waals surface area contributed by atoms with E-state index in [4.69, 9.17) is 16.0 Å². The average Bonchev–Trinajstić information content (AvgIpc) is 3.29. The number of aromatic carboxylic acids is 1. The zero-order valence-electron chi connectivity index (χ0n) is 15.6. The first-order valence-corrected chi connectivity index (χ1v) is 10.0. The van der Waals surface area contributed by atoms with E-state index in [-0.39, 0.29) is 16.5 Å². The number of carboxylic acid groups (broad SMARTS) is 1. The second kappa shape index (κ2) is 7.93. The molecule has 0 unspecified atom stereocenters. The Labute approximate surface area is 185 Å². The number of amides is 1. The van der Waals surface area contributed by atoms with Gasteiger partial charge in [0.15, 0.2) is 0 Å². The van der Waals surface area contributed by atoms with Crippen LogP contribution in [0.5, 0.6) is 0 Å². The van der Waals surface area contributed by atoms with Crippen molar-refractivity contribution in [1.29, 1.82) is 0 Å². The van der Waals surface area contributed by atoms with Crippen molar-refractivity contribution in [2.24, 2.45) is 5.10 Å². The molecule has 0 fully saturated rings. The fourth-order valence-corrected chi connectivity index (χ4v) is 3.47. The largest absolute Gasteiger partial charge is 0.478 e. The van der Waals surface area contributed by atoms with Gasteiger partial charge in [-0.25, -0.2) is 4.79 Å². The van der Waals surface area contributed by atoms with Gasteiger partial charge in [0, 0.05) is 10.0 Å². The third-order valence-corrected chi connectivity index (χ3v) is 5.39. The van der Waals surface area contributed by atoms with Gasteiger partial charge >= 0.3 is 5.97 Å². The zero-order chi connectivity index (χ0) is 21.4. The van der Waals surface area contributed by atoms with Gasteiger partial charge in [0.05, 0.1) is 27.6 Å². The molecule has 0 saturated carbocycles. The quantitative estimate of drug-likeness (QED) is 0.469. The molecule has 30 heavy (non-hydrogen) atoms. The van der Waals surface area contributed by atoms with Crippen LogP contribution in [-0.2, 0) is 4.79 Å². The van der Waals surface area contributed by atoms with Crippen LogP contribution in [0.3, 0.4) is 0 Å². The number of hydrogen-bond acceptors (Lipinski definition) is 4. The van der Waals surface area contributed by atoms with Gasteiger partial charge in [0.1, 0.15) is 11.5 Å². The third kappa shape index (κ3) is 3.81. The van der Waals surface area contributed by atoms with E-state index in [1.54, 1.807) is 43.3 Å². The Balaban J connectivity index is 1.62. The number of rotatable bonds is 4. The van der Waals surface area contributed by atoms with Crippen molar-refractivity contribution in [3.8, 4) is 11.3 Å². The fraction of sp³-hybridized carbons (Fsp3) is 0.0455. The Bertz CT molecular complexity index is 1230. The Morgan fingerprint density at radius 2 is 1.90 bits per heavy atom. The number of nitrogens with zero attached hydrogens (tertiary/aromatic N) is 2. The summed E-state index contributed by atoms with van der Waals surface area (Å²) in [5.74, 6) is -0.460. The van der Waals surface area contributed by atoms with E-state index in [0.717, 1.165) is 4.47 Å². The summed E-state index contributed by atoms with van der Waals surface area (Å²) in [5, 5.41) is 15.1. The molecule has 8 heteroatoms. The molecular weight excluding hydrogens is 472 g/mol. The zero-order valence-corrected chi connectivity index (χ0v) is 17.9. The van der Waals surface area contributed by atoms with Gasteiger partial charge < -0.3 is 9.52 Å². The fourth-order valence-electron chi connectivity index (χ4n) is 3.01. The summed E-state index contributed by atoms with van der Waals surface area (Å²) >= 11 is 9.30. The first-order chi connectivity index (χ1) is 14.3. The monoisotopic (exact) mass is 484 g/mol. The number of benzene rings is 2. The van der Waals surface area contributed by atoms with Crippen LogP contribution in [0.1, 0.15) is 23.0 Å². The van der Waals surface area contributed by atoms with Gasteiger partial charge in [0.25, 0.3) is 5.91 Å². The number of carboxylic acids is 1. The number of anilines is 1. The minimum Gasteiger partial charge on any atom is -0.478 e. The molecule has 1 aliphatic heterocycles. The lowest BCUT2D eigenvalue weighted by Crippen LogP contribution is -2.21. The van der Waals surface area contributed by atoms with E-state index < -0.39 is 5.97 Å². The van der Waals surface area contributed by atoms with Crippen molar-refractivity contribution in [1.82, 2.24) is 0 Å². The molecule has 0 spiro atoms. The summed E-state index contributed by atoms with van der Waals surface area (Å²) in [4.78, 5) is 24.1. The summed E-state index contributed by atoms with van der Waals surface area (Å²) < 4.78 is 6.72. The summed E-state index contributed by atoms with van der Waals surface area (Å²) in [6.45, 7) is 1.75. The summed E-state index contributed by atoms with van der Waals surface area (Å²) in [6, 6.07) is 15.3. The lowest BCUT2D eigenvalue weighted by molar-refractivity contribution is -0.114. The van der Waals surface area contributed by atoms with Crippen LogP contribution < -0.4 is 5.01 Å². The highest BCUT2D eigenvalue weighted by Crippen LogP contribution is 2.30. The van der Waals surface area contributed by atoms with E-state index in [0.29, 0.717) is 34.1 Å². The van der Waals surface area contributed by atoms with E-state index in [1.165, 1.54) is 17.1 Å². The van der Waals surface area contributed by atoms with Crippen molar-refractivity contribution in [2.75, 3.05) is 5.01 Å². The van der Waals surface area contributed by atoms with Crippen LogP contribution in [0.25, 0.3) is 17.4 Å². The van der Waals surface area contributed by atoms with Gasteiger partial charge in [-0.15, -0.1) is 0 Å². The third-order valence-electron chi connectivity index (χ3n) is 4.53. The van der Waals surface area contributed by atoms with Crippen LogP contribution >= 0.6 is 27.5 Å². The minimum absolute atomic E-state index is 0.00967. The van der Waals surface area contributed by atoms with Crippen molar-refractivity contribution in [3.63, 3.8) is 0 Å². The maximum absolute atomic E-state index is 12.8. The second-order valence-electron chi connectivity index (χ2n) is 6.54. The maximum Gasteiger partial charge on any atom is 0.337 e. The molecule has 0 radical (unpaired) electrons. The van der Waals surface area contributed by atoms with E-state index in [1.807, 2.05) is 12.1 Å². The predicted octanol–water partition coefficient (Wildman–Crippen LogP) is 5.87. The Morgan fingerprint density at radius 3 is 2.60 bits per heavy atom. The first kappa shape index (κ1) is 20.1. The summed E-state index contributed by atoms with van der Waals surface area (Å²) in [6.07, 6.45) is 1.62. The molecule has 1 N–H and O–H groups in total. The molecule has 1 aliphatic rings. The van der Waals surface area contributed by atoms with Crippen LogP contribution in [0.4, 0.5) is 5.69 Å². The Hall–Kier alpha value is -3.16. The number of halogens is 2. The summed E-state index contributed by atoms with van der Waals surface area (Å²) in [7, 11) is 0.